The van der Waals surface area contributed by atoms with E-state index < -0.39 is 0 Å². The molecule has 0 aliphatic heterocycles. The molecule has 0 nitrogen and oxygen atoms in total. The Balaban J connectivity index is 1.80. The Morgan fingerprint density at radius 3 is 1.42 bits per heavy atom. The second-order valence-corrected chi connectivity index (χ2v) is 6.05. The fourth-order valence-corrected chi connectivity index (χ4v) is 2.69. The van der Waals surface area contributed by atoms with E-state index in [1.807, 2.05) is 0 Å². The number of hydrogen-bond acceptors (Lipinski definition) is 0. The Morgan fingerprint density at radius 2 is 0.958 bits per heavy atom. The molecule has 0 heteroatoms. The van der Waals surface area contributed by atoms with Gasteiger partial charge in [0.15, 0.2) is 0 Å². The van der Waals surface area contributed by atoms with Gasteiger partial charge in [0.1, 0.15) is 0 Å². The van der Waals surface area contributed by atoms with Crippen molar-refractivity contribution in [2.24, 2.45) is 0 Å². The molecule has 0 atom stereocenters. The van der Waals surface area contributed by atoms with E-state index in [1.165, 1.54) is 33.4 Å². The minimum Gasteiger partial charge on any atom is -0.0620 e. The van der Waals surface area contributed by atoms with Gasteiger partial charge >= 0.3 is 0 Å². The van der Waals surface area contributed by atoms with Gasteiger partial charge in [-0.3, -0.25) is 0 Å². The van der Waals surface area contributed by atoms with Crippen LogP contribution in [0.4, 0.5) is 0 Å². The summed E-state index contributed by atoms with van der Waals surface area (Å²) in [6.45, 7) is 4.28. The first-order valence-electron chi connectivity index (χ1n) is 8.30. The van der Waals surface area contributed by atoms with Gasteiger partial charge < -0.3 is 0 Å². The van der Waals surface area contributed by atoms with Gasteiger partial charge in [0.25, 0.3) is 0 Å². The first kappa shape index (κ1) is 16.0. The molecule has 0 saturated heterocycles. The first-order chi connectivity index (χ1) is 11.7. The van der Waals surface area contributed by atoms with Gasteiger partial charge in [-0.05, 0) is 53.3 Å². The first-order valence-corrected chi connectivity index (χ1v) is 8.30. The maximum Gasteiger partial charge on any atom is -0.0227 e. The molecular weight excluding hydrogens is 288 g/mol. The summed E-state index contributed by atoms with van der Waals surface area (Å²) in [5.41, 5.74) is 7.54. The smallest absolute Gasteiger partial charge is 0.0227 e. The van der Waals surface area contributed by atoms with E-state index in [-0.39, 0.29) is 0 Å². The van der Waals surface area contributed by atoms with Gasteiger partial charge in [-0.25, -0.2) is 0 Å². The highest BCUT2D eigenvalue weighted by atomic mass is 14.0. The second kappa shape index (κ2) is 7.61. The Bertz CT molecular complexity index is 811. The van der Waals surface area contributed by atoms with Crippen LogP contribution in [0.15, 0.2) is 72.8 Å². The number of aryl methyl sites for hydroxylation is 2. The molecule has 0 amide bonds. The Hall–Kier alpha value is -2.86. The third kappa shape index (κ3) is 4.11. The SMILES string of the molecule is Cc1ccccc1C=Cc1cccc(C=Cc2ccccc2C)c1. The lowest BCUT2D eigenvalue weighted by Crippen LogP contribution is -1.80. The minimum atomic E-state index is 1.21. The molecule has 24 heavy (non-hydrogen) atoms. The van der Waals surface area contributed by atoms with E-state index in [0.29, 0.717) is 0 Å². The highest BCUT2D eigenvalue weighted by molar-refractivity contribution is 5.75. The average molecular weight is 310 g/mol. The fraction of sp³-hybridized carbons (Fsp3) is 0.0833. The van der Waals surface area contributed by atoms with Gasteiger partial charge in [-0.1, -0.05) is 91.0 Å². The molecule has 3 aromatic carbocycles. The Labute approximate surface area is 144 Å². The van der Waals surface area contributed by atoms with Crippen molar-refractivity contribution in [2.45, 2.75) is 13.8 Å². The van der Waals surface area contributed by atoms with Gasteiger partial charge in [-0.15, -0.1) is 0 Å². The number of benzene rings is 3. The topological polar surface area (TPSA) is 0 Å². The predicted molar refractivity (Wildman–Crippen MR) is 107 cm³/mol. The van der Waals surface area contributed by atoms with Crippen molar-refractivity contribution in [1.29, 1.82) is 0 Å². The summed E-state index contributed by atoms with van der Waals surface area (Å²) in [6, 6.07) is 25.5. The number of rotatable bonds is 4. The number of hydrogen-bond donors (Lipinski definition) is 0. The van der Waals surface area contributed by atoms with Crippen molar-refractivity contribution >= 4 is 24.3 Å². The van der Waals surface area contributed by atoms with Crippen LogP contribution < -0.4 is 0 Å². The van der Waals surface area contributed by atoms with Crippen molar-refractivity contribution in [2.75, 3.05) is 0 Å². The zero-order valence-corrected chi connectivity index (χ0v) is 14.2. The van der Waals surface area contributed by atoms with Crippen LogP contribution in [0.1, 0.15) is 33.4 Å². The summed E-state index contributed by atoms with van der Waals surface area (Å²) in [5, 5.41) is 0. The van der Waals surface area contributed by atoms with E-state index in [1.54, 1.807) is 0 Å². The van der Waals surface area contributed by atoms with Crippen LogP contribution in [0.25, 0.3) is 24.3 Å². The molecule has 3 aromatic rings. The van der Waals surface area contributed by atoms with Crippen molar-refractivity contribution in [3.05, 3.63) is 106 Å². The quantitative estimate of drug-likeness (QED) is 0.473. The Kier molecular flexibility index (Phi) is 5.08. The summed E-state index contributed by atoms with van der Waals surface area (Å²) in [4.78, 5) is 0. The van der Waals surface area contributed by atoms with Gasteiger partial charge in [-0.2, -0.15) is 0 Å². The maximum atomic E-state index is 2.21. The molecule has 0 aromatic heterocycles. The lowest BCUT2D eigenvalue weighted by molar-refractivity contribution is 1.44. The van der Waals surface area contributed by atoms with Gasteiger partial charge in [0.2, 0.25) is 0 Å². The Morgan fingerprint density at radius 1 is 0.500 bits per heavy atom. The maximum absolute atomic E-state index is 2.21. The van der Waals surface area contributed by atoms with Crippen LogP contribution in [0, 0.1) is 13.8 Å². The molecule has 0 aliphatic carbocycles. The normalized spacial score (nSPS) is 11.4. The van der Waals surface area contributed by atoms with E-state index >= 15 is 0 Å². The molecule has 0 N–H and O–H groups in total. The fourth-order valence-electron chi connectivity index (χ4n) is 2.69. The van der Waals surface area contributed by atoms with Crippen LogP contribution in [-0.2, 0) is 0 Å². The summed E-state index contributed by atoms with van der Waals surface area (Å²) < 4.78 is 0. The third-order valence-electron chi connectivity index (χ3n) is 4.20. The lowest BCUT2D eigenvalue weighted by Gasteiger charge is -2.01. The lowest BCUT2D eigenvalue weighted by atomic mass is 10.0. The molecule has 0 spiro atoms. The van der Waals surface area contributed by atoms with Crippen LogP contribution in [0.3, 0.4) is 0 Å². The summed E-state index contributed by atoms with van der Waals surface area (Å²) in [5.74, 6) is 0. The predicted octanol–water partition coefficient (Wildman–Crippen LogP) is 6.64. The van der Waals surface area contributed by atoms with Crippen LogP contribution in [-0.4, -0.2) is 0 Å². The van der Waals surface area contributed by atoms with Crippen molar-refractivity contribution in [3.8, 4) is 0 Å². The molecule has 0 saturated carbocycles. The zero-order valence-electron chi connectivity index (χ0n) is 14.2. The van der Waals surface area contributed by atoms with E-state index in [4.69, 9.17) is 0 Å². The van der Waals surface area contributed by atoms with Crippen molar-refractivity contribution in [1.82, 2.24) is 0 Å². The molecule has 3 rings (SSSR count). The summed E-state index contributed by atoms with van der Waals surface area (Å²) >= 11 is 0. The van der Waals surface area contributed by atoms with E-state index in [0.717, 1.165) is 0 Å². The van der Waals surface area contributed by atoms with E-state index in [9.17, 15) is 0 Å². The van der Waals surface area contributed by atoms with Crippen LogP contribution >= 0.6 is 0 Å². The van der Waals surface area contributed by atoms with Gasteiger partial charge in [0, 0.05) is 0 Å². The standard InChI is InChI=1S/C24H22/c1-19-8-3-5-12-23(19)16-14-21-10-7-11-22(18-21)15-17-24-13-6-4-9-20(24)2/h3-18H,1-2H3. The molecule has 0 bridgehead atoms. The molecule has 0 aliphatic rings. The molecular formula is C24H22. The highest BCUT2D eigenvalue weighted by Gasteiger charge is 1.94. The minimum absolute atomic E-state index is 1.21. The monoisotopic (exact) mass is 310 g/mol. The summed E-state index contributed by atoms with van der Waals surface area (Å²) in [7, 11) is 0. The molecule has 0 unspecified atom stereocenters. The average Bonchev–Trinajstić information content (AvgIpc) is 2.61. The van der Waals surface area contributed by atoms with Crippen LogP contribution in [0.2, 0.25) is 0 Å². The highest BCUT2D eigenvalue weighted by Crippen LogP contribution is 2.16. The second-order valence-electron chi connectivity index (χ2n) is 6.05. The zero-order chi connectivity index (χ0) is 16.8. The molecule has 0 radical (unpaired) electrons. The molecule has 0 heterocycles. The summed E-state index contributed by atoms with van der Waals surface area (Å²) in [6.07, 6.45) is 8.71. The van der Waals surface area contributed by atoms with Crippen LogP contribution in [0.5, 0.6) is 0 Å². The van der Waals surface area contributed by atoms with Crippen molar-refractivity contribution < 1.29 is 0 Å². The van der Waals surface area contributed by atoms with E-state index in [2.05, 4.69) is 111 Å². The molecule has 118 valence electrons. The van der Waals surface area contributed by atoms with Crippen molar-refractivity contribution in [3.63, 3.8) is 0 Å². The van der Waals surface area contributed by atoms with Gasteiger partial charge in [0.05, 0.1) is 0 Å². The molecule has 0 fully saturated rings. The largest absolute Gasteiger partial charge is 0.0620 e. The third-order valence-corrected chi connectivity index (χ3v) is 4.20.